The molecule has 0 saturated carbocycles. The Morgan fingerprint density at radius 3 is 2.77 bits per heavy atom. The molecule has 7 heteroatoms. The Kier molecular flexibility index (Phi) is 6.02. The molecule has 0 atom stereocenters. The van der Waals surface area contributed by atoms with Crippen LogP contribution < -0.4 is 10.6 Å². The molecule has 0 aliphatic heterocycles. The van der Waals surface area contributed by atoms with E-state index >= 15 is 0 Å². The van der Waals surface area contributed by atoms with Gasteiger partial charge in [0.25, 0.3) is 0 Å². The van der Waals surface area contributed by atoms with Gasteiger partial charge in [0.1, 0.15) is 5.82 Å². The van der Waals surface area contributed by atoms with E-state index in [4.69, 9.17) is 0 Å². The molecular formula is C15H21FN6. The van der Waals surface area contributed by atoms with Crippen LogP contribution in [0.1, 0.15) is 12.0 Å². The molecule has 0 unspecified atom stereocenters. The predicted octanol–water partition coefficient (Wildman–Crippen LogP) is 1.99. The van der Waals surface area contributed by atoms with Gasteiger partial charge in [-0.3, -0.25) is 0 Å². The number of benzene rings is 1. The van der Waals surface area contributed by atoms with Crippen molar-refractivity contribution in [3.8, 4) is 0 Å². The highest BCUT2D eigenvalue weighted by Crippen LogP contribution is 2.09. The van der Waals surface area contributed by atoms with Gasteiger partial charge in [0.2, 0.25) is 5.95 Å². The molecule has 2 aromatic rings. The zero-order chi connectivity index (χ0) is 15.8. The third-order valence-electron chi connectivity index (χ3n) is 3.04. The lowest BCUT2D eigenvalue weighted by atomic mass is 10.2. The van der Waals surface area contributed by atoms with Gasteiger partial charge in [-0.05, 0) is 33.1 Å². The Balaban J connectivity index is 1.85. The van der Waals surface area contributed by atoms with Gasteiger partial charge in [-0.25, -0.2) is 4.39 Å². The molecule has 6 nitrogen and oxygen atoms in total. The Bertz CT molecular complexity index is 590. The van der Waals surface area contributed by atoms with Crippen LogP contribution in [0.3, 0.4) is 0 Å². The molecule has 0 radical (unpaired) electrons. The minimum absolute atomic E-state index is 0.249. The van der Waals surface area contributed by atoms with E-state index in [-0.39, 0.29) is 5.82 Å². The predicted molar refractivity (Wildman–Crippen MR) is 85.2 cm³/mol. The molecule has 2 N–H and O–H groups in total. The van der Waals surface area contributed by atoms with E-state index in [0.29, 0.717) is 23.9 Å². The summed E-state index contributed by atoms with van der Waals surface area (Å²) >= 11 is 0. The molecule has 0 amide bonds. The van der Waals surface area contributed by atoms with Crippen LogP contribution in [-0.4, -0.2) is 47.3 Å². The smallest absolute Gasteiger partial charge is 0.244 e. The summed E-state index contributed by atoms with van der Waals surface area (Å²) in [4.78, 5) is 6.43. The van der Waals surface area contributed by atoms with Crippen LogP contribution in [0, 0.1) is 5.82 Å². The SMILES string of the molecule is CN(C)CCCNc1cnnc(NCc2ccccc2F)n1. The molecule has 0 spiro atoms. The van der Waals surface area contributed by atoms with Gasteiger partial charge in [0.05, 0.1) is 6.20 Å². The number of rotatable bonds is 8. The van der Waals surface area contributed by atoms with E-state index in [1.54, 1.807) is 24.4 Å². The van der Waals surface area contributed by atoms with Crippen LogP contribution in [0.4, 0.5) is 16.2 Å². The Morgan fingerprint density at radius 1 is 1.18 bits per heavy atom. The van der Waals surface area contributed by atoms with E-state index < -0.39 is 0 Å². The van der Waals surface area contributed by atoms with Gasteiger partial charge in [-0.15, -0.1) is 5.10 Å². The van der Waals surface area contributed by atoms with Crippen molar-refractivity contribution < 1.29 is 4.39 Å². The van der Waals surface area contributed by atoms with Crippen molar-refractivity contribution in [2.45, 2.75) is 13.0 Å². The number of anilines is 2. The van der Waals surface area contributed by atoms with E-state index in [1.165, 1.54) is 6.07 Å². The number of hydrogen-bond acceptors (Lipinski definition) is 6. The van der Waals surface area contributed by atoms with Crippen LogP contribution in [0.5, 0.6) is 0 Å². The summed E-state index contributed by atoms with van der Waals surface area (Å²) in [5.41, 5.74) is 0.565. The van der Waals surface area contributed by atoms with Gasteiger partial charge >= 0.3 is 0 Å². The maximum absolute atomic E-state index is 13.5. The maximum atomic E-state index is 13.5. The van der Waals surface area contributed by atoms with Gasteiger partial charge < -0.3 is 15.5 Å². The number of aromatic nitrogens is 3. The second-order valence-electron chi connectivity index (χ2n) is 5.19. The first-order chi connectivity index (χ1) is 10.6. The molecule has 1 aromatic carbocycles. The highest BCUT2D eigenvalue weighted by atomic mass is 19.1. The average molecular weight is 304 g/mol. The topological polar surface area (TPSA) is 66.0 Å². The zero-order valence-electron chi connectivity index (χ0n) is 12.9. The quantitative estimate of drug-likeness (QED) is 0.727. The monoisotopic (exact) mass is 304 g/mol. The Morgan fingerprint density at radius 2 is 2.00 bits per heavy atom. The highest BCUT2D eigenvalue weighted by Gasteiger charge is 2.03. The minimum atomic E-state index is -0.249. The fourth-order valence-corrected chi connectivity index (χ4v) is 1.89. The number of nitrogens with one attached hydrogen (secondary N) is 2. The molecule has 2 rings (SSSR count). The van der Waals surface area contributed by atoms with Crippen molar-refractivity contribution in [3.63, 3.8) is 0 Å². The number of hydrogen-bond donors (Lipinski definition) is 2. The molecule has 22 heavy (non-hydrogen) atoms. The summed E-state index contributed by atoms with van der Waals surface area (Å²) in [6.07, 6.45) is 2.58. The Hall–Kier alpha value is -2.28. The van der Waals surface area contributed by atoms with Crippen molar-refractivity contribution >= 4 is 11.8 Å². The first-order valence-corrected chi connectivity index (χ1v) is 7.21. The molecule has 1 aromatic heterocycles. The van der Waals surface area contributed by atoms with Crippen LogP contribution in [-0.2, 0) is 6.54 Å². The molecule has 0 aliphatic carbocycles. The lowest BCUT2D eigenvalue weighted by Crippen LogP contribution is -2.17. The summed E-state index contributed by atoms with van der Waals surface area (Å²) in [5, 5.41) is 14.0. The summed E-state index contributed by atoms with van der Waals surface area (Å²) < 4.78 is 13.5. The van der Waals surface area contributed by atoms with E-state index in [2.05, 4.69) is 30.7 Å². The fraction of sp³-hybridized carbons (Fsp3) is 0.400. The van der Waals surface area contributed by atoms with Gasteiger partial charge in [-0.2, -0.15) is 10.1 Å². The van der Waals surface area contributed by atoms with Crippen molar-refractivity contribution in [2.75, 3.05) is 37.8 Å². The summed E-state index contributed by atoms with van der Waals surface area (Å²) in [6, 6.07) is 6.61. The van der Waals surface area contributed by atoms with Crippen molar-refractivity contribution in [1.29, 1.82) is 0 Å². The van der Waals surface area contributed by atoms with Gasteiger partial charge in [0, 0.05) is 18.7 Å². The van der Waals surface area contributed by atoms with E-state index in [9.17, 15) is 4.39 Å². The summed E-state index contributed by atoms with van der Waals surface area (Å²) in [7, 11) is 4.08. The molecule has 0 bridgehead atoms. The zero-order valence-corrected chi connectivity index (χ0v) is 12.9. The van der Waals surface area contributed by atoms with Crippen LogP contribution in [0.25, 0.3) is 0 Å². The van der Waals surface area contributed by atoms with Crippen LogP contribution >= 0.6 is 0 Å². The first kappa shape index (κ1) is 16.1. The molecule has 0 aliphatic rings. The molecule has 1 heterocycles. The third-order valence-corrected chi connectivity index (χ3v) is 3.04. The second kappa shape index (κ2) is 8.23. The largest absolute Gasteiger partial charge is 0.369 e. The van der Waals surface area contributed by atoms with Crippen molar-refractivity contribution in [3.05, 3.63) is 41.8 Å². The van der Waals surface area contributed by atoms with Gasteiger partial charge in [0.15, 0.2) is 5.82 Å². The summed E-state index contributed by atoms with van der Waals surface area (Å²) in [5.74, 6) is 0.784. The third kappa shape index (κ3) is 5.25. The van der Waals surface area contributed by atoms with Crippen molar-refractivity contribution in [1.82, 2.24) is 20.1 Å². The maximum Gasteiger partial charge on any atom is 0.244 e. The molecule has 0 saturated heterocycles. The summed E-state index contributed by atoms with van der Waals surface area (Å²) in [6.45, 7) is 2.13. The van der Waals surface area contributed by atoms with Gasteiger partial charge in [-0.1, -0.05) is 18.2 Å². The minimum Gasteiger partial charge on any atom is -0.369 e. The van der Waals surface area contributed by atoms with E-state index in [1.807, 2.05) is 14.1 Å². The van der Waals surface area contributed by atoms with Crippen molar-refractivity contribution in [2.24, 2.45) is 0 Å². The Labute approximate surface area is 129 Å². The standard InChI is InChI=1S/C15H21FN6/c1-22(2)9-5-8-17-14-11-19-21-15(20-14)18-10-12-6-3-4-7-13(12)16/h3-4,6-7,11H,5,8-10H2,1-2H3,(H2,17,18,20,21). The fourth-order valence-electron chi connectivity index (χ4n) is 1.89. The lowest BCUT2D eigenvalue weighted by molar-refractivity contribution is 0.405. The molecule has 118 valence electrons. The molecule has 0 fully saturated rings. The lowest BCUT2D eigenvalue weighted by Gasteiger charge is -2.10. The highest BCUT2D eigenvalue weighted by molar-refractivity contribution is 5.37. The first-order valence-electron chi connectivity index (χ1n) is 7.21. The van der Waals surface area contributed by atoms with Crippen LogP contribution in [0.15, 0.2) is 30.5 Å². The van der Waals surface area contributed by atoms with Crippen LogP contribution in [0.2, 0.25) is 0 Å². The van der Waals surface area contributed by atoms with E-state index in [0.717, 1.165) is 19.5 Å². The number of halogens is 1. The molecular weight excluding hydrogens is 283 g/mol. The average Bonchev–Trinajstić information content (AvgIpc) is 2.51. The normalized spacial score (nSPS) is 10.7. The number of nitrogens with zero attached hydrogens (tertiary/aromatic N) is 4. The second-order valence-corrected chi connectivity index (χ2v) is 5.19.